The molecule has 0 radical (unpaired) electrons. The Balaban J connectivity index is 2.22. The fourth-order valence-corrected chi connectivity index (χ4v) is 2.35. The molecule has 1 aromatic carbocycles. The van der Waals surface area contributed by atoms with Gasteiger partial charge < -0.3 is 14.8 Å². The first-order chi connectivity index (χ1) is 11.7. The first-order valence-corrected chi connectivity index (χ1v) is 8.20. The number of hydrogen-bond donors (Lipinski definition) is 2. The molecule has 0 saturated heterocycles. The highest BCUT2D eigenvalue weighted by molar-refractivity contribution is 7.80. The number of hydrogen-bond acceptors (Lipinski definition) is 5. The summed E-state index contributed by atoms with van der Waals surface area (Å²) in [6, 6.07) is 7.14. The largest absolute Gasteiger partial charge is 0.450 e. The highest BCUT2D eigenvalue weighted by Gasteiger charge is 2.19. The van der Waals surface area contributed by atoms with Crippen molar-refractivity contribution in [1.82, 2.24) is 9.88 Å². The predicted molar refractivity (Wildman–Crippen MR) is 99.9 cm³/mol. The Bertz CT molecular complexity index is 808. The molecule has 1 amide bonds. The van der Waals surface area contributed by atoms with Crippen LogP contribution in [0, 0.1) is 0 Å². The third-order valence-electron chi connectivity index (χ3n) is 3.06. The average molecular weight is 363 g/mol. The number of nitrogens with one attached hydrogen (secondary N) is 2. The smallest absolute Gasteiger partial charge is 0.418 e. The van der Waals surface area contributed by atoms with Crippen LogP contribution in [0.4, 0.5) is 15.3 Å². The number of carbonyl (C=O) groups excluding carboxylic acids is 2. The molecule has 1 aromatic heterocycles. The molecule has 2 N–H and O–H groups in total. The van der Waals surface area contributed by atoms with E-state index in [0.717, 1.165) is 5.39 Å². The number of aromatic nitrogens is 1. The lowest BCUT2D eigenvalue weighted by molar-refractivity contribution is 0.0544. The summed E-state index contributed by atoms with van der Waals surface area (Å²) in [5, 5.41) is 6.22. The maximum atomic E-state index is 12.3. The van der Waals surface area contributed by atoms with Crippen molar-refractivity contribution < 1.29 is 19.1 Å². The molecule has 2 aromatic rings. The maximum Gasteiger partial charge on any atom is 0.418 e. The van der Waals surface area contributed by atoms with Gasteiger partial charge in [-0.05, 0) is 58.1 Å². The SMILES string of the molecule is CCOC(=O)NC(=S)Nc1cccc2c1ccn2C(=O)OC(C)(C)C. The Morgan fingerprint density at radius 2 is 1.96 bits per heavy atom. The van der Waals surface area contributed by atoms with Crippen LogP contribution in [-0.2, 0) is 9.47 Å². The minimum absolute atomic E-state index is 0.107. The summed E-state index contributed by atoms with van der Waals surface area (Å²) in [6.45, 7) is 7.38. The summed E-state index contributed by atoms with van der Waals surface area (Å²) < 4.78 is 11.6. The number of anilines is 1. The minimum atomic E-state index is -0.626. The zero-order valence-electron chi connectivity index (χ0n) is 14.6. The van der Waals surface area contributed by atoms with Crippen molar-refractivity contribution in [3.8, 4) is 0 Å². The Kier molecular flexibility index (Phi) is 5.63. The zero-order chi connectivity index (χ0) is 18.6. The van der Waals surface area contributed by atoms with Gasteiger partial charge in [-0.2, -0.15) is 0 Å². The topological polar surface area (TPSA) is 81.6 Å². The quantitative estimate of drug-likeness (QED) is 0.789. The summed E-state index contributed by atoms with van der Waals surface area (Å²) in [4.78, 5) is 23.7. The Morgan fingerprint density at radius 1 is 1.24 bits per heavy atom. The standard InChI is InChI=1S/C17H21N3O4S/c1-5-23-15(21)19-14(25)18-12-7-6-8-13-11(12)9-10-20(13)16(22)24-17(2,3)4/h6-10H,5H2,1-4H3,(H2,18,19,21,25). The first kappa shape index (κ1) is 18.7. The van der Waals surface area contributed by atoms with Crippen LogP contribution >= 0.6 is 12.2 Å². The van der Waals surface area contributed by atoms with Gasteiger partial charge in [-0.25, -0.2) is 9.59 Å². The van der Waals surface area contributed by atoms with Crippen LogP contribution in [0.1, 0.15) is 27.7 Å². The minimum Gasteiger partial charge on any atom is -0.450 e. The van der Waals surface area contributed by atoms with Gasteiger partial charge in [0.15, 0.2) is 5.11 Å². The highest BCUT2D eigenvalue weighted by atomic mass is 32.1. The van der Waals surface area contributed by atoms with E-state index in [1.54, 1.807) is 37.4 Å². The number of thiocarbonyl (C=S) groups is 1. The number of rotatable bonds is 2. The summed E-state index contributed by atoms with van der Waals surface area (Å²) >= 11 is 5.10. The van der Waals surface area contributed by atoms with Gasteiger partial charge in [0.2, 0.25) is 0 Å². The lowest BCUT2D eigenvalue weighted by atomic mass is 10.2. The maximum absolute atomic E-state index is 12.3. The van der Waals surface area contributed by atoms with Crippen LogP contribution in [0.25, 0.3) is 10.9 Å². The van der Waals surface area contributed by atoms with Crippen molar-refractivity contribution in [2.75, 3.05) is 11.9 Å². The van der Waals surface area contributed by atoms with Gasteiger partial charge in [-0.1, -0.05) is 6.07 Å². The fraction of sp³-hybridized carbons (Fsp3) is 0.353. The van der Waals surface area contributed by atoms with Crippen LogP contribution < -0.4 is 10.6 Å². The molecule has 0 saturated carbocycles. The number of amides is 1. The second-order valence-corrected chi connectivity index (χ2v) is 6.61. The van der Waals surface area contributed by atoms with Crippen molar-refractivity contribution >= 4 is 46.1 Å². The van der Waals surface area contributed by atoms with Gasteiger partial charge in [-0.3, -0.25) is 9.88 Å². The fourth-order valence-electron chi connectivity index (χ4n) is 2.16. The molecular weight excluding hydrogens is 342 g/mol. The van der Waals surface area contributed by atoms with E-state index in [1.165, 1.54) is 4.57 Å². The molecular formula is C17H21N3O4S. The Labute approximate surface area is 151 Å². The predicted octanol–water partition coefficient (Wildman–Crippen LogP) is 3.87. The second-order valence-electron chi connectivity index (χ2n) is 6.20. The molecule has 0 unspecified atom stereocenters. The lowest BCUT2D eigenvalue weighted by Gasteiger charge is -2.19. The number of fused-ring (bicyclic) bond motifs is 1. The third kappa shape index (κ3) is 4.93. The molecule has 0 aliphatic carbocycles. The third-order valence-corrected chi connectivity index (χ3v) is 3.27. The molecule has 134 valence electrons. The van der Waals surface area contributed by atoms with Crippen molar-refractivity contribution in [3.63, 3.8) is 0 Å². The van der Waals surface area contributed by atoms with Gasteiger partial charge in [0.05, 0.1) is 12.1 Å². The van der Waals surface area contributed by atoms with Gasteiger partial charge in [0, 0.05) is 17.3 Å². The van der Waals surface area contributed by atoms with E-state index in [1.807, 2.05) is 20.8 Å². The molecule has 0 bridgehead atoms. The first-order valence-electron chi connectivity index (χ1n) is 7.79. The van der Waals surface area contributed by atoms with Crippen LogP contribution in [0.15, 0.2) is 30.5 Å². The van der Waals surface area contributed by atoms with Crippen LogP contribution in [0.3, 0.4) is 0 Å². The molecule has 25 heavy (non-hydrogen) atoms. The van der Waals surface area contributed by atoms with Crippen LogP contribution in [-0.4, -0.2) is 34.1 Å². The molecule has 2 rings (SSSR count). The summed E-state index contributed by atoms with van der Waals surface area (Å²) in [5.41, 5.74) is 0.731. The van der Waals surface area contributed by atoms with Crippen molar-refractivity contribution in [1.29, 1.82) is 0 Å². The number of carbonyl (C=O) groups is 2. The van der Waals surface area contributed by atoms with E-state index >= 15 is 0 Å². The molecule has 1 heterocycles. The van der Waals surface area contributed by atoms with Crippen molar-refractivity contribution in [2.24, 2.45) is 0 Å². The molecule has 0 aliphatic heterocycles. The second kappa shape index (κ2) is 7.52. The zero-order valence-corrected chi connectivity index (χ0v) is 15.4. The molecule has 8 heteroatoms. The highest BCUT2D eigenvalue weighted by Crippen LogP contribution is 2.25. The molecule has 0 atom stereocenters. The van der Waals surface area contributed by atoms with E-state index in [4.69, 9.17) is 21.7 Å². The Hall–Kier alpha value is -2.61. The number of ether oxygens (including phenoxy) is 2. The number of benzene rings is 1. The molecule has 0 fully saturated rings. The van der Waals surface area contributed by atoms with Gasteiger partial charge in [-0.15, -0.1) is 0 Å². The van der Waals surface area contributed by atoms with E-state index < -0.39 is 17.8 Å². The van der Waals surface area contributed by atoms with Crippen LogP contribution in [0.2, 0.25) is 0 Å². The summed E-state index contributed by atoms with van der Waals surface area (Å²) in [5.74, 6) is 0. The molecule has 0 aliphatic rings. The van der Waals surface area contributed by atoms with Crippen LogP contribution in [0.5, 0.6) is 0 Å². The summed E-state index contributed by atoms with van der Waals surface area (Å²) in [7, 11) is 0. The van der Waals surface area contributed by atoms with Gasteiger partial charge in [0.1, 0.15) is 5.60 Å². The van der Waals surface area contributed by atoms with E-state index in [-0.39, 0.29) is 11.7 Å². The van der Waals surface area contributed by atoms with Crippen molar-refractivity contribution in [3.05, 3.63) is 30.5 Å². The summed E-state index contributed by atoms with van der Waals surface area (Å²) in [6.07, 6.45) is 0.538. The van der Waals surface area contributed by atoms with Gasteiger partial charge in [0.25, 0.3) is 0 Å². The van der Waals surface area contributed by atoms with E-state index in [9.17, 15) is 9.59 Å². The molecule has 7 nitrogen and oxygen atoms in total. The average Bonchev–Trinajstić information content (AvgIpc) is 2.90. The molecule has 0 spiro atoms. The number of alkyl carbamates (subject to hydrolysis) is 1. The van der Waals surface area contributed by atoms with Gasteiger partial charge >= 0.3 is 12.2 Å². The Morgan fingerprint density at radius 3 is 2.60 bits per heavy atom. The normalized spacial score (nSPS) is 11.0. The van der Waals surface area contributed by atoms with Crippen molar-refractivity contribution in [2.45, 2.75) is 33.3 Å². The number of nitrogens with zero attached hydrogens (tertiary/aromatic N) is 1. The van der Waals surface area contributed by atoms with E-state index in [0.29, 0.717) is 11.2 Å². The monoisotopic (exact) mass is 363 g/mol. The lowest BCUT2D eigenvalue weighted by Crippen LogP contribution is -2.34. The van der Waals surface area contributed by atoms with E-state index in [2.05, 4.69) is 10.6 Å².